The minimum absolute atomic E-state index is 0.315. The van der Waals surface area contributed by atoms with Crippen LogP contribution in [0.15, 0.2) is 17.6 Å². The van der Waals surface area contributed by atoms with Crippen LogP contribution in [-0.2, 0) is 9.31 Å². The second kappa shape index (κ2) is 5.87. The first-order valence-electron chi connectivity index (χ1n) is 6.92. The van der Waals surface area contributed by atoms with Crippen molar-refractivity contribution in [2.45, 2.75) is 38.9 Å². The van der Waals surface area contributed by atoms with Crippen molar-refractivity contribution in [2.75, 3.05) is 5.75 Å². The smallest absolute Gasteiger partial charge is 0.491 e. The van der Waals surface area contributed by atoms with E-state index in [0.717, 1.165) is 12.1 Å². The zero-order valence-electron chi connectivity index (χ0n) is 13.0. The summed E-state index contributed by atoms with van der Waals surface area (Å²) in [6.45, 7) is 7.69. The molecule has 120 valence electrons. The van der Waals surface area contributed by atoms with Gasteiger partial charge in [0.05, 0.1) is 11.2 Å². The highest BCUT2D eigenvalue weighted by Crippen LogP contribution is 2.39. The second-order valence-electron chi connectivity index (χ2n) is 6.30. The molecule has 0 aromatic heterocycles. The summed E-state index contributed by atoms with van der Waals surface area (Å²) in [7, 11) is -0.627. The normalized spacial score (nSPS) is 20.5. The molecule has 0 bridgehead atoms. The highest BCUT2D eigenvalue weighted by molar-refractivity contribution is 7.80. The quantitative estimate of drug-likeness (QED) is 0.658. The van der Waals surface area contributed by atoms with E-state index in [4.69, 9.17) is 9.31 Å². The molecule has 0 saturated carbocycles. The predicted molar refractivity (Wildman–Crippen MR) is 85.9 cm³/mol. The zero-order valence-corrected chi connectivity index (χ0v) is 13.9. The maximum absolute atomic E-state index is 13.4. The third-order valence-corrected chi connectivity index (χ3v) is 4.49. The van der Waals surface area contributed by atoms with Gasteiger partial charge in [-0.25, -0.2) is 4.39 Å². The minimum atomic E-state index is -1.26. The summed E-state index contributed by atoms with van der Waals surface area (Å²) in [6.07, 6.45) is 1.58. The molecule has 2 rings (SSSR count). The lowest BCUT2D eigenvalue weighted by Gasteiger charge is -2.32. The van der Waals surface area contributed by atoms with Crippen LogP contribution >= 0.6 is 12.6 Å². The van der Waals surface area contributed by atoms with E-state index in [0.29, 0.717) is 16.8 Å². The van der Waals surface area contributed by atoms with Gasteiger partial charge in [-0.1, -0.05) is 6.08 Å². The van der Waals surface area contributed by atoms with Gasteiger partial charge in [-0.3, -0.25) is 0 Å². The number of hydrogen-bond acceptors (Lipinski definition) is 4. The third kappa shape index (κ3) is 3.16. The van der Waals surface area contributed by atoms with Gasteiger partial charge in [0, 0.05) is 5.75 Å². The molecule has 1 aliphatic heterocycles. The number of benzene rings is 1. The lowest BCUT2D eigenvalue weighted by Crippen LogP contribution is -2.41. The van der Waals surface area contributed by atoms with Crippen LogP contribution in [0, 0.1) is 11.6 Å². The van der Waals surface area contributed by atoms with Gasteiger partial charge in [0.2, 0.25) is 0 Å². The van der Waals surface area contributed by atoms with Gasteiger partial charge in [-0.15, -0.1) is 0 Å². The summed E-state index contributed by atoms with van der Waals surface area (Å²) in [5.74, 6) is -2.80. The van der Waals surface area contributed by atoms with Crippen molar-refractivity contribution in [3.63, 3.8) is 0 Å². The molecule has 1 saturated heterocycles. The van der Waals surface area contributed by atoms with Crippen LogP contribution in [0.4, 0.5) is 8.78 Å². The van der Waals surface area contributed by atoms with E-state index in [1.807, 2.05) is 27.7 Å². The molecule has 0 amide bonds. The molecule has 0 unspecified atom stereocenters. The number of thiol groups is 1. The van der Waals surface area contributed by atoms with Gasteiger partial charge < -0.3 is 14.4 Å². The van der Waals surface area contributed by atoms with Crippen molar-refractivity contribution >= 4 is 25.8 Å². The first-order valence-corrected chi connectivity index (χ1v) is 7.55. The van der Waals surface area contributed by atoms with Crippen molar-refractivity contribution in [1.29, 1.82) is 0 Å². The monoisotopic (exact) mass is 328 g/mol. The number of phenols is 1. The van der Waals surface area contributed by atoms with E-state index < -0.39 is 35.7 Å². The average molecular weight is 328 g/mol. The highest BCUT2D eigenvalue weighted by Gasteiger charge is 2.52. The molecule has 0 radical (unpaired) electrons. The fourth-order valence-corrected chi connectivity index (χ4v) is 2.32. The first-order chi connectivity index (χ1) is 10.1. The van der Waals surface area contributed by atoms with E-state index in [2.05, 4.69) is 12.6 Å². The van der Waals surface area contributed by atoms with Crippen molar-refractivity contribution in [2.24, 2.45) is 0 Å². The van der Waals surface area contributed by atoms with Gasteiger partial charge >= 0.3 is 7.12 Å². The molecule has 7 heteroatoms. The number of phenolic OH excluding ortho intramolecular Hbond substituents is 1. The first kappa shape index (κ1) is 17.3. The number of halogens is 2. The van der Waals surface area contributed by atoms with Crippen molar-refractivity contribution in [3.8, 4) is 5.75 Å². The minimum Gasteiger partial charge on any atom is -0.505 e. The van der Waals surface area contributed by atoms with Gasteiger partial charge in [-0.05, 0) is 50.9 Å². The van der Waals surface area contributed by atoms with E-state index in [-0.39, 0.29) is 0 Å². The second-order valence-corrected chi connectivity index (χ2v) is 6.62. The molecule has 1 heterocycles. The Kier molecular flexibility index (Phi) is 4.62. The molecule has 22 heavy (non-hydrogen) atoms. The van der Waals surface area contributed by atoms with Crippen LogP contribution in [0.3, 0.4) is 0 Å². The standard InChI is InChI=1S/C15H19BF2O3S/c1-14(2)15(3,4)21-16(20-14)10(8-22)5-9-6-11(17)13(18)12(19)7-9/h5-7,19,22H,8H2,1-4H3. The molecule has 1 aliphatic rings. The Balaban J connectivity index is 2.34. The van der Waals surface area contributed by atoms with Crippen LogP contribution in [0.2, 0.25) is 0 Å². The molecule has 1 N–H and O–H groups in total. The summed E-state index contributed by atoms with van der Waals surface area (Å²) in [4.78, 5) is 0. The average Bonchev–Trinajstić information content (AvgIpc) is 2.61. The SMILES string of the molecule is CC1(C)OB(C(=Cc2cc(O)c(F)c(F)c2)CS)OC1(C)C. The lowest BCUT2D eigenvalue weighted by atomic mass is 9.78. The van der Waals surface area contributed by atoms with E-state index in [1.165, 1.54) is 0 Å². The maximum Gasteiger partial charge on any atom is 0.491 e. The molecule has 0 spiro atoms. The van der Waals surface area contributed by atoms with E-state index in [1.54, 1.807) is 6.08 Å². The molecular formula is C15H19BF2O3S. The third-order valence-electron chi connectivity index (χ3n) is 4.12. The predicted octanol–water partition coefficient (Wildman–Crippen LogP) is 3.62. The molecule has 3 nitrogen and oxygen atoms in total. The highest BCUT2D eigenvalue weighted by atomic mass is 32.1. The van der Waals surface area contributed by atoms with Gasteiger partial charge in [0.1, 0.15) is 0 Å². The Labute approximate surface area is 134 Å². The fraction of sp³-hybridized carbons (Fsp3) is 0.467. The maximum atomic E-state index is 13.4. The number of hydrogen-bond donors (Lipinski definition) is 2. The van der Waals surface area contributed by atoms with Gasteiger partial charge in [0.15, 0.2) is 17.4 Å². The van der Waals surface area contributed by atoms with E-state index >= 15 is 0 Å². The van der Waals surface area contributed by atoms with Crippen LogP contribution < -0.4 is 0 Å². The fourth-order valence-electron chi connectivity index (χ4n) is 2.08. The van der Waals surface area contributed by atoms with Crippen LogP contribution in [0.1, 0.15) is 33.3 Å². The molecule has 1 aromatic rings. The van der Waals surface area contributed by atoms with Gasteiger partial charge in [0.25, 0.3) is 0 Å². The Morgan fingerprint density at radius 3 is 2.23 bits per heavy atom. The zero-order chi connectivity index (χ0) is 16.7. The van der Waals surface area contributed by atoms with Crippen LogP contribution in [-0.4, -0.2) is 29.2 Å². The number of aromatic hydroxyl groups is 1. The largest absolute Gasteiger partial charge is 0.505 e. The molecule has 1 fully saturated rings. The summed E-state index contributed by atoms with van der Waals surface area (Å²) < 4.78 is 38.3. The molecule has 1 aromatic carbocycles. The summed E-state index contributed by atoms with van der Waals surface area (Å²) in [5.41, 5.74) is -0.0336. The van der Waals surface area contributed by atoms with Gasteiger partial charge in [-0.2, -0.15) is 17.0 Å². The van der Waals surface area contributed by atoms with E-state index in [9.17, 15) is 13.9 Å². The van der Waals surface area contributed by atoms with Crippen LogP contribution in [0.25, 0.3) is 6.08 Å². The summed E-state index contributed by atoms with van der Waals surface area (Å²) in [6, 6.07) is 2.15. The van der Waals surface area contributed by atoms with Crippen molar-refractivity contribution in [1.82, 2.24) is 0 Å². The lowest BCUT2D eigenvalue weighted by molar-refractivity contribution is 0.00578. The Morgan fingerprint density at radius 2 is 1.77 bits per heavy atom. The van der Waals surface area contributed by atoms with Crippen molar-refractivity contribution in [3.05, 3.63) is 34.8 Å². The Hall–Kier alpha value is -1.05. The molecule has 0 aliphatic carbocycles. The molecule has 0 atom stereocenters. The molecular weight excluding hydrogens is 309 g/mol. The number of rotatable bonds is 3. The van der Waals surface area contributed by atoms with Crippen LogP contribution in [0.5, 0.6) is 5.75 Å². The Bertz CT molecular complexity index is 578. The topological polar surface area (TPSA) is 38.7 Å². The summed E-state index contributed by atoms with van der Waals surface area (Å²) in [5, 5.41) is 9.37. The summed E-state index contributed by atoms with van der Waals surface area (Å²) >= 11 is 4.25. The van der Waals surface area contributed by atoms with Crippen molar-refractivity contribution < 1.29 is 23.2 Å². The Morgan fingerprint density at radius 1 is 1.23 bits per heavy atom.